The minimum Gasteiger partial charge on any atom is -0.480 e. The third kappa shape index (κ3) is 3.65. The van der Waals surface area contributed by atoms with Gasteiger partial charge in [-0.25, -0.2) is 4.98 Å². The molecule has 0 aliphatic heterocycles. The van der Waals surface area contributed by atoms with Gasteiger partial charge in [-0.3, -0.25) is 0 Å². The fourth-order valence-corrected chi connectivity index (χ4v) is 1.84. The number of rotatable bonds is 5. The zero-order valence-corrected chi connectivity index (χ0v) is 11.9. The first-order valence-electron chi connectivity index (χ1n) is 5.67. The van der Waals surface area contributed by atoms with Gasteiger partial charge in [0.25, 0.3) is 0 Å². The lowest BCUT2D eigenvalue weighted by atomic mass is 10.1. The van der Waals surface area contributed by atoms with E-state index < -0.39 is 0 Å². The molecule has 0 saturated heterocycles. The Labute approximate surface area is 119 Å². The molecule has 0 aliphatic carbocycles. The van der Waals surface area contributed by atoms with E-state index >= 15 is 0 Å². The highest BCUT2D eigenvalue weighted by atomic mass is 79.9. The van der Waals surface area contributed by atoms with Gasteiger partial charge in [-0.05, 0) is 40.0 Å². The number of hydrogen-bond donors (Lipinski definition) is 1. The SMILES string of the molecule is COc1nc(Oc2ccc(CCO)cc2)ncc1Br. The van der Waals surface area contributed by atoms with Crippen LogP contribution in [0, 0.1) is 0 Å². The molecule has 6 heteroatoms. The number of aliphatic hydroxyl groups is 1. The van der Waals surface area contributed by atoms with Gasteiger partial charge < -0.3 is 14.6 Å². The molecule has 5 nitrogen and oxygen atoms in total. The maximum atomic E-state index is 8.84. The topological polar surface area (TPSA) is 64.5 Å². The lowest BCUT2D eigenvalue weighted by Crippen LogP contribution is -1.96. The zero-order chi connectivity index (χ0) is 13.7. The highest BCUT2D eigenvalue weighted by Gasteiger charge is 2.07. The molecule has 1 aromatic heterocycles. The van der Waals surface area contributed by atoms with E-state index in [2.05, 4.69) is 25.9 Å². The van der Waals surface area contributed by atoms with E-state index in [1.165, 1.54) is 7.11 Å². The van der Waals surface area contributed by atoms with Crippen LogP contribution >= 0.6 is 15.9 Å². The van der Waals surface area contributed by atoms with Crippen LogP contribution in [-0.2, 0) is 6.42 Å². The standard InChI is InChI=1S/C13H13BrN2O3/c1-18-12-11(14)8-15-13(16-12)19-10-4-2-9(3-5-10)6-7-17/h2-5,8,17H,6-7H2,1H3. The maximum absolute atomic E-state index is 8.84. The Balaban J connectivity index is 2.12. The summed E-state index contributed by atoms with van der Waals surface area (Å²) in [5, 5.41) is 8.84. The summed E-state index contributed by atoms with van der Waals surface area (Å²) in [4.78, 5) is 8.14. The molecular weight excluding hydrogens is 312 g/mol. The smallest absolute Gasteiger partial charge is 0.325 e. The summed E-state index contributed by atoms with van der Waals surface area (Å²) in [5.74, 6) is 1.05. The Kier molecular flexibility index (Phi) is 4.70. The van der Waals surface area contributed by atoms with E-state index in [0.29, 0.717) is 22.5 Å². The molecule has 2 rings (SSSR count). The molecule has 1 N–H and O–H groups in total. The van der Waals surface area contributed by atoms with Crippen molar-refractivity contribution in [3.05, 3.63) is 40.5 Å². The molecule has 0 aliphatic rings. The van der Waals surface area contributed by atoms with Crippen LogP contribution < -0.4 is 9.47 Å². The number of halogens is 1. The predicted molar refractivity (Wildman–Crippen MR) is 73.6 cm³/mol. The van der Waals surface area contributed by atoms with Crippen molar-refractivity contribution in [3.8, 4) is 17.6 Å². The lowest BCUT2D eigenvalue weighted by Gasteiger charge is -2.06. The molecule has 0 spiro atoms. The number of aliphatic hydroxyl groups excluding tert-OH is 1. The van der Waals surface area contributed by atoms with Gasteiger partial charge in [0, 0.05) is 6.61 Å². The molecule has 0 unspecified atom stereocenters. The minimum absolute atomic E-state index is 0.132. The van der Waals surface area contributed by atoms with E-state index in [9.17, 15) is 0 Å². The highest BCUT2D eigenvalue weighted by Crippen LogP contribution is 2.25. The van der Waals surface area contributed by atoms with Crippen LogP contribution in [-0.4, -0.2) is 28.8 Å². The van der Waals surface area contributed by atoms with E-state index in [-0.39, 0.29) is 12.6 Å². The highest BCUT2D eigenvalue weighted by molar-refractivity contribution is 9.10. The molecule has 2 aromatic rings. The zero-order valence-electron chi connectivity index (χ0n) is 10.3. The maximum Gasteiger partial charge on any atom is 0.325 e. The Morgan fingerprint density at radius 2 is 2.00 bits per heavy atom. The third-order valence-corrected chi connectivity index (χ3v) is 2.96. The largest absolute Gasteiger partial charge is 0.480 e. The van der Waals surface area contributed by atoms with Crippen molar-refractivity contribution < 1.29 is 14.6 Å². The molecule has 100 valence electrons. The normalized spacial score (nSPS) is 10.3. The third-order valence-electron chi connectivity index (χ3n) is 2.42. The monoisotopic (exact) mass is 324 g/mol. The summed E-state index contributed by atoms with van der Waals surface area (Å²) in [7, 11) is 1.53. The Morgan fingerprint density at radius 1 is 1.26 bits per heavy atom. The van der Waals surface area contributed by atoms with Crippen LogP contribution in [0.4, 0.5) is 0 Å². The predicted octanol–water partition coefficient (Wildman–Crippen LogP) is 2.57. The van der Waals surface area contributed by atoms with E-state index in [4.69, 9.17) is 14.6 Å². The van der Waals surface area contributed by atoms with E-state index in [0.717, 1.165) is 5.56 Å². The number of nitrogens with zero attached hydrogens (tertiary/aromatic N) is 2. The summed E-state index contributed by atoms with van der Waals surface area (Å²) in [6, 6.07) is 7.62. The number of methoxy groups -OCH3 is 1. The molecule has 19 heavy (non-hydrogen) atoms. The minimum atomic E-state index is 0.132. The quantitative estimate of drug-likeness (QED) is 0.915. The van der Waals surface area contributed by atoms with Gasteiger partial charge in [0.05, 0.1) is 17.8 Å². The second kappa shape index (κ2) is 6.49. The fraction of sp³-hybridized carbons (Fsp3) is 0.231. The van der Waals surface area contributed by atoms with Gasteiger partial charge >= 0.3 is 6.01 Å². The molecule has 0 saturated carbocycles. The summed E-state index contributed by atoms with van der Waals surface area (Å²) >= 11 is 3.27. The summed E-state index contributed by atoms with van der Waals surface area (Å²) in [6.45, 7) is 0.132. The van der Waals surface area contributed by atoms with Crippen LogP contribution in [0.25, 0.3) is 0 Å². The van der Waals surface area contributed by atoms with Crippen LogP contribution in [0.3, 0.4) is 0 Å². The van der Waals surface area contributed by atoms with Gasteiger partial charge in [-0.15, -0.1) is 0 Å². The molecule has 0 atom stereocenters. The van der Waals surface area contributed by atoms with Crippen LogP contribution in [0.5, 0.6) is 17.6 Å². The van der Waals surface area contributed by atoms with Gasteiger partial charge in [0.2, 0.25) is 5.88 Å². The van der Waals surface area contributed by atoms with Crippen LogP contribution in [0.2, 0.25) is 0 Å². The second-order valence-corrected chi connectivity index (χ2v) is 4.58. The summed E-state index contributed by atoms with van der Waals surface area (Å²) < 4.78 is 11.3. The van der Waals surface area contributed by atoms with Crippen molar-refractivity contribution in [1.82, 2.24) is 9.97 Å². The fourth-order valence-electron chi connectivity index (χ4n) is 1.49. The van der Waals surface area contributed by atoms with Crippen molar-refractivity contribution in [2.24, 2.45) is 0 Å². The Morgan fingerprint density at radius 3 is 2.63 bits per heavy atom. The average molecular weight is 325 g/mol. The number of ether oxygens (including phenoxy) is 2. The first-order valence-corrected chi connectivity index (χ1v) is 6.46. The molecular formula is C13H13BrN2O3. The first kappa shape index (κ1) is 13.8. The van der Waals surface area contributed by atoms with Crippen molar-refractivity contribution >= 4 is 15.9 Å². The Bertz CT molecular complexity index is 546. The molecule has 0 radical (unpaired) electrons. The van der Waals surface area contributed by atoms with Gasteiger partial charge in [-0.2, -0.15) is 4.98 Å². The van der Waals surface area contributed by atoms with Crippen molar-refractivity contribution in [2.45, 2.75) is 6.42 Å². The number of hydrogen-bond acceptors (Lipinski definition) is 5. The van der Waals surface area contributed by atoms with Crippen LogP contribution in [0.1, 0.15) is 5.56 Å². The van der Waals surface area contributed by atoms with E-state index in [1.807, 2.05) is 24.3 Å². The second-order valence-electron chi connectivity index (χ2n) is 3.73. The number of benzene rings is 1. The van der Waals surface area contributed by atoms with Crippen molar-refractivity contribution in [2.75, 3.05) is 13.7 Å². The van der Waals surface area contributed by atoms with Crippen LogP contribution in [0.15, 0.2) is 34.9 Å². The van der Waals surface area contributed by atoms with Gasteiger partial charge in [-0.1, -0.05) is 12.1 Å². The lowest BCUT2D eigenvalue weighted by molar-refractivity contribution is 0.299. The number of aromatic nitrogens is 2. The molecule has 1 heterocycles. The Hall–Kier alpha value is -1.66. The summed E-state index contributed by atoms with van der Waals surface area (Å²) in [6.07, 6.45) is 2.20. The van der Waals surface area contributed by atoms with Gasteiger partial charge in [0.1, 0.15) is 5.75 Å². The average Bonchev–Trinajstić information content (AvgIpc) is 2.43. The van der Waals surface area contributed by atoms with Crippen molar-refractivity contribution in [1.29, 1.82) is 0 Å². The van der Waals surface area contributed by atoms with Gasteiger partial charge in [0.15, 0.2) is 0 Å². The van der Waals surface area contributed by atoms with Crippen molar-refractivity contribution in [3.63, 3.8) is 0 Å². The van der Waals surface area contributed by atoms with E-state index in [1.54, 1.807) is 6.20 Å². The molecule has 0 bridgehead atoms. The molecule has 0 fully saturated rings. The molecule has 0 amide bonds. The molecule has 1 aromatic carbocycles. The first-order chi connectivity index (χ1) is 9.22. The summed E-state index contributed by atoms with van der Waals surface area (Å²) in [5.41, 5.74) is 1.05.